The Kier molecular flexibility index (Phi) is 4.85. The summed E-state index contributed by atoms with van der Waals surface area (Å²) in [5.74, 6) is 0. The zero-order valence-corrected chi connectivity index (χ0v) is 13.0. The number of hydrogen-bond acceptors (Lipinski definition) is 3. The molecule has 0 spiro atoms. The normalized spacial score (nSPS) is 13.7. The Morgan fingerprint density at radius 2 is 2.00 bits per heavy atom. The third-order valence-electron chi connectivity index (χ3n) is 3.95. The largest absolute Gasteiger partial charge is 0.396 e. The van der Waals surface area contributed by atoms with E-state index in [9.17, 15) is 9.90 Å². The van der Waals surface area contributed by atoms with E-state index in [-0.39, 0.29) is 23.8 Å². The molecule has 1 heterocycles. The Bertz CT molecular complexity index is 642. The van der Waals surface area contributed by atoms with E-state index in [0.717, 1.165) is 36.0 Å². The summed E-state index contributed by atoms with van der Waals surface area (Å²) in [5.41, 5.74) is 2.65. The highest BCUT2D eigenvalue weighted by molar-refractivity contribution is 5.75. The molecule has 0 fully saturated rings. The Labute approximate surface area is 124 Å². The van der Waals surface area contributed by atoms with Gasteiger partial charge in [-0.05, 0) is 49.4 Å². The highest BCUT2D eigenvalue weighted by Gasteiger charge is 2.15. The molecule has 0 bridgehead atoms. The van der Waals surface area contributed by atoms with Crippen LogP contribution in [0.25, 0.3) is 11.0 Å². The molecule has 0 amide bonds. The van der Waals surface area contributed by atoms with Gasteiger partial charge in [-0.1, -0.05) is 19.9 Å². The topological polar surface area (TPSA) is 80.9 Å². The van der Waals surface area contributed by atoms with Crippen molar-refractivity contribution in [3.63, 3.8) is 0 Å². The smallest absolute Gasteiger partial charge is 0.323 e. The maximum Gasteiger partial charge on any atom is 0.323 e. The van der Waals surface area contributed by atoms with Gasteiger partial charge < -0.3 is 20.4 Å². The second kappa shape index (κ2) is 6.45. The molecule has 0 aliphatic rings. The number of aromatic amines is 2. The minimum absolute atomic E-state index is 0.00552. The lowest BCUT2D eigenvalue weighted by Gasteiger charge is -2.22. The van der Waals surface area contributed by atoms with Gasteiger partial charge in [0.1, 0.15) is 0 Å². The van der Waals surface area contributed by atoms with Gasteiger partial charge in [-0.25, -0.2) is 4.79 Å². The molecule has 2 rings (SSSR count). The summed E-state index contributed by atoms with van der Waals surface area (Å²) in [6.45, 7) is 7.40. The summed E-state index contributed by atoms with van der Waals surface area (Å²) >= 11 is 0. The Morgan fingerprint density at radius 1 is 1.29 bits per heavy atom. The first-order valence-corrected chi connectivity index (χ1v) is 7.47. The number of nitrogens with one attached hydrogen (secondary N) is 3. The monoisotopic (exact) mass is 291 g/mol. The molecule has 0 saturated carbocycles. The fourth-order valence-electron chi connectivity index (χ4n) is 2.40. The lowest BCUT2D eigenvalue weighted by molar-refractivity contribution is 0.147. The third kappa shape index (κ3) is 4.19. The van der Waals surface area contributed by atoms with Crippen LogP contribution in [0.1, 0.15) is 45.2 Å². The molecule has 1 unspecified atom stereocenters. The molecule has 0 radical (unpaired) electrons. The Hall–Kier alpha value is -1.59. The maximum absolute atomic E-state index is 11.3. The van der Waals surface area contributed by atoms with Gasteiger partial charge in [-0.2, -0.15) is 0 Å². The van der Waals surface area contributed by atoms with E-state index >= 15 is 0 Å². The first-order valence-electron chi connectivity index (χ1n) is 7.47. The third-order valence-corrected chi connectivity index (χ3v) is 3.95. The van der Waals surface area contributed by atoms with E-state index in [1.54, 1.807) is 0 Å². The second-order valence-electron chi connectivity index (χ2n) is 6.49. The van der Waals surface area contributed by atoms with Crippen molar-refractivity contribution in [2.75, 3.05) is 13.2 Å². The fourth-order valence-corrected chi connectivity index (χ4v) is 2.40. The van der Waals surface area contributed by atoms with E-state index in [2.05, 4.69) is 36.1 Å². The van der Waals surface area contributed by atoms with Crippen LogP contribution in [0.15, 0.2) is 23.0 Å². The summed E-state index contributed by atoms with van der Waals surface area (Å²) in [5, 5.41) is 12.7. The standard InChI is InChI=1S/C16H25N3O2/c1-11(17-8-4-7-16(2,3)10-20)12-5-6-13-14(9-12)19-15(21)18-13/h5-6,9,11,17,20H,4,7-8,10H2,1-3H3,(H2,18,19,21). The Balaban J connectivity index is 1.90. The van der Waals surface area contributed by atoms with Gasteiger partial charge in [-0.15, -0.1) is 0 Å². The lowest BCUT2D eigenvalue weighted by Crippen LogP contribution is -2.23. The number of H-pyrrole nitrogens is 2. The summed E-state index contributed by atoms with van der Waals surface area (Å²) < 4.78 is 0. The van der Waals surface area contributed by atoms with E-state index in [1.807, 2.05) is 18.2 Å². The van der Waals surface area contributed by atoms with Crippen molar-refractivity contribution < 1.29 is 5.11 Å². The van der Waals surface area contributed by atoms with Crippen LogP contribution in [-0.4, -0.2) is 28.2 Å². The predicted molar refractivity (Wildman–Crippen MR) is 85.4 cm³/mol. The maximum atomic E-state index is 11.3. The number of aliphatic hydroxyl groups excluding tert-OH is 1. The van der Waals surface area contributed by atoms with Gasteiger partial charge in [0.2, 0.25) is 0 Å². The van der Waals surface area contributed by atoms with Crippen molar-refractivity contribution in [2.24, 2.45) is 5.41 Å². The van der Waals surface area contributed by atoms with Crippen molar-refractivity contribution in [1.29, 1.82) is 0 Å². The van der Waals surface area contributed by atoms with Crippen LogP contribution in [0, 0.1) is 5.41 Å². The minimum atomic E-state index is -0.172. The van der Waals surface area contributed by atoms with Gasteiger partial charge in [0, 0.05) is 12.6 Å². The van der Waals surface area contributed by atoms with Crippen LogP contribution in [0.4, 0.5) is 0 Å². The molecule has 0 aliphatic carbocycles. The van der Waals surface area contributed by atoms with Gasteiger partial charge in [-0.3, -0.25) is 0 Å². The summed E-state index contributed by atoms with van der Waals surface area (Å²) in [4.78, 5) is 16.8. The number of benzene rings is 1. The molecule has 5 heteroatoms. The van der Waals surface area contributed by atoms with Crippen molar-refractivity contribution in [3.8, 4) is 0 Å². The lowest BCUT2D eigenvalue weighted by atomic mass is 9.89. The van der Waals surface area contributed by atoms with E-state index in [1.165, 1.54) is 0 Å². The number of aromatic nitrogens is 2. The number of imidazole rings is 1. The molecular weight excluding hydrogens is 266 g/mol. The summed E-state index contributed by atoms with van der Waals surface area (Å²) in [6.07, 6.45) is 2.02. The second-order valence-corrected chi connectivity index (χ2v) is 6.49. The molecule has 0 aliphatic heterocycles. The van der Waals surface area contributed by atoms with Crippen molar-refractivity contribution in [1.82, 2.24) is 15.3 Å². The Morgan fingerprint density at radius 3 is 2.71 bits per heavy atom. The molecule has 1 aromatic carbocycles. The quantitative estimate of drug-likeness (QED) is 0.591. The van der Waals surface area contributed by atoms with E-state index < -0.39 is 0 Å². The fraction of sp³-hybridized carbons (Fsp3) is 0.562. The van der Waals surface area contributed by atoms with Crippen LogP contribution < -0.4 is 11.0 Å². The molecule has 4 N–H and O–H groups in total. The van der Waals surface area contributed by atoms with E-state index in [0.29, 0.717) is 0 Å². The SMILES string of the molecule is CC(NCCCC(C)(C)CO)c1ccc2[nH]c(=O)[nH]c2c1. The van der Waals surface area contributed by atoms with Crippen LogP contribution in [0.3, 0.4) is 0 Å². The van der Waals surface area contributed by atoms with Crippen LogP contribution in [0.5, 0.6) is 0 Å². The van der Waals surface area contributed by atoms with Crippen LogP contribution in [0.2, 0.25) is 0 Å². The highest BCUT2D eigenvalue weighted by Crippen LogP contribution is 2.21. The molecule has 1 atom stereocenters. The molecular formula is C16H25N3O2. The molecule has 21 heavy (non-hydrogen) atoms. The number of aliphatic hydroxyl groups is 1. The number of fused-ring (bicyclic) bond motifs is 1. The zero-order chi connectivity index (χ0) is 15.5. The predicted octanol–water partition coefficient (Wildman–Crippen LogP) is 2.31. The highest BCUT2D eigenvalue weighted by atomic mass is 16.3. The zero-order valence-electron chi connectivity index (χ0n) is 13.0. The summed E-state index contributed by atoms with van der Waals surface area (Å²) in [7, 11) is 0. The molecule has 116 valence electrons. The average Bonchev–Trinajstić information content (AvgIpc) is 2.82. The van der Waals surface area contributed by atoms with Crippen molar-refractivity contribution >= 4 is 11.0 Å². The molecule has 0 saturated heterocycles. The molecule has 5 nitrogen and oxygen atoms in total. The number of hydrogen-bond donors (Lipinski definition) is 4. The first-order chi connectivity index (χ1) is 9.91. The minimum Gasteiger partial charge on any atom is -0.396 e. The van der Waals surface area contributed by atoms with Crippen LogP contribution in [-0.2, 0) is 0 Å². The number of rotatable bonds is 7. The van der Waals surface area contributed by atoms with Gasteiger partial charge in [0.25, 0.3) is 0 Å². The van der Waals surface area contributed by atoms with Gasteiger partial charge in [0.05, 0.1) is 11.0 Å². The molecule has 1 aromatic heterocycles. The van der Waals surface area contributed by atoms with Crippen molar-refractivity contribution in [2.45, 2.75) is 39.7 Å². The van der Waals surface area contributed by atoms with E-state index in [4.69, 9.17) is 0 Å². The van der Waals surface area contributed by atoms with Gasteiger partial charge >= 0.3 is 5.69 Å². The first kappa shape index (κ1) is 15.8. The van der Waals surface area contributed by atoms with Crippen LogP contribution >= 0.6 is 0 Å². The summed E-state index contributed by atoms with van der Waals surface area (Å²) in [6, 6.07) is 6.18. The van der Waals surface area contributed by atoms with Crippen molar-refractivity contribution in [3.05, 3.63) is 34.2 Å². The van der Waals surface area contributed by atoms with Gasteiger partial charge in [0.15, 0.2) is 0 Å². The molecule has 2 aromatic rings. The average molecular weight is 291 g/mol.